The second-order valence-electron chi connectivity index (χ2n) is 11.3. The summed E-state index contributed by atoms with van der Waals surface area (Å²) in [4.78, 5) is 0. The van der Waals surface area contributed by atoms with E-state index in [1.54, 1.807) is 14.2 Å². The van der Waals surface area contributed by atoms with Crippen LogP contribution < -0.4 is 9.47 Å². The zero-order valence-electron chi connectivity index (χ0n) is 18.4. The molecule has 2 aromatic carbocycles. The Bertz CT molecular complexity index is 1060. The molecule has 0 N–H and O–H groups in total. The largest absolute Gasteiger partial charge is 0.497 e. The summed E-state index contributed by atoms with van der Waals surface area (Å²) < 4.78 is 11.4. The van der Waals surface area contributed by atoms with Crippen LogP contribution in [0.15, 0.2) is 48.6 Å². The number of hydrogen-bond acceptors (Lipinski definition) is 2. The molecule has 4 fully saturated rings. The smallest absolute Gasteiger partial charge is 0.119 e. The highest BCUT2D eigenvalue weighted by Crippen LogP contribution is 2.75. The first-order chi connectivity index (χ1) is 15.2. The van der Waals surface area contributed by atoms with Crippen molar-refractivity contribution < 1.29 is 9.47 Å². The fraction of sp³-hybridized carbons (Fsp3) is 0.517. The van der Waals surface area contributed by atoms with Gasteiger partial charge in [0.15, 0.2) is 0 Å². The predicted octanol–water partition coefficient (Wildman–Crippen LogP) is 6.08. The van der Waals surface area contributed by atoms with E-state index in [1.165, 1.54) is 47.9 Å². The zero-order chi connectivity index (χ0) is 20.5. The van der Waals surface area contributed by atoms with E-state index in [-0.39, 0.29) is 5.41 Å². The number of benzene rings is 2. The minimum Gasteiger partial charge on any atom is -0.497 e. The van der Waals surface area contributed by atoms with E-state index in [2.05, 4.69) is 48.6 Å². The van der Waals surface area contributed by atoms with Gasteiger partial charge < -0.3 is 9.47 Å². The van der Waals surface area contributed by atoms with Crippen LogP contribution in [0, 0.1) is 47.3 Å². The molecular formula is C29H30O2. The Morgan fingerprint density at radius 1 is 0.677 bits per heavy atom. The summed E-state index contributed by atoms with van der Waals surface area (Å²) >= 11 is 0. The molecule has 2 aromatic rings. The molecule has 8 unspecified atom stereocenters. The molecule has 0 heterocycles. The molecule has 0 aromatic heterocycles. The highest BCUT2D eigenvalue weighted by molar-refractivity contribution is 5.82. The maximum absolute atomic E-state index is 5.70. The molecule has 0 saturated heterocycles. The SMILES string of the molecule is COc1ccc2c(c1)C1(CC3C(C1)C1CC3C3C4C=CC(C4)C13)c1cc(OC)ccc1-2. The first kappa shape index (κ1) is 17.3. The summed E-state index contributed by atoms with van der Waals surface area (Å²) in [5, 5.41) is 0. The first-order valence-electron chi connectivity index (χ1n) is 12.3. The van der Waals surface area contributed by atoms with Crippen LogP contribution in [0.3, 0.4) is 0 Å². The van der Waals surface area contributed by atoms with Crippen molar-refractivity contribution in [3.8, 4) is 22.6 Å². The molecule has 4 bridgehead atoms. The second kappa shape index (κ2) is 5.57. The van der Waals surface area contributed by atoms with Crippen LogP contribution in [0.1, 0.15) is 36.8 Å². The van der Waals surface area contributed by atoms with E-state index in [0.29, 0.717) is 0 Å². The normalized spacial score (nSPS) is 40.8. The molecule has 8 rings (SSSR count). The van der Waals surface area contributed by atoms with E-state index < -0.39 is 0 Å². The van der Waals surface area contributed by atoms with E-state index in [9.17, 15) is 0 Å². The molecule has 31 heavy (non-hydrogen) atoms. The minimum absolute atomic E-state index is 0.144. The lowest BCUT2D eigenvalue weighted by molar-refractivity contribution is 0.108. The molecular weight excluding hydrogens is 380 g/mol. The van der Waals surface area contributed by atoms with Crippen LogP contribution in [-0.2, 0) is 5.41 Å². The third-order valence-electron chi connectivity index (χ3n) is 10.7. The van der Waals surface area contributed by atoms with Gasteiger partial charge in [0.05, 0.1) is 14.2 Å². The van der Waals surface area contributed by atoms with Gasteiger partial charge in [0.25, 0.3) is 0 Å². The topological polar surface area (TPSA) is 18.5 Å². The van der Waals surface area contributed by atoms with Crippen LogP contribution in [-0.4, -0.2) is 14.2 Å². The van der Waals surface area contributed by atoms with Gasteiger partial charge in [-0.3, -0.25) is 0 Å². The van der Waals surface area contributed by atoms with Crippen molar-refractivity contribution in [3.63, 3.8) is 0 Å². The highest BCUT2D eigenvalue weighted by Gasteiger charge is 2.68. The van der Waals surface area contributed by atoms with Gasteiger partial charge in [0, 0.05) is 5.41 Å². The molecule has 158 valence electrons. The number of ether oxygens (including phenoxy) is 2. The van der Waals surface area contributed by atoms with Crippen LogP contribution in [0.5, 0.6) is 11.5 Å². The lowest BCUT2D eigenvalue weighted by atomic mass is 9.66. The average Bonchev–Trinajstić information content (AvgIpc) is 3.62. The van der Waals surface area contributed by atoms with Crippen molar-refractivity contribution >= 4 is 0 Å². The van der Waals surface area contributed by atoms with Crippen molar-refractivity contribution in [2.75, 3.05) is 14.2 Å². The monoisotopic (exact) mass is 410 g/mol. The van der Waals surface area contributed by atoms with Crippen molar-refractivity contribution in [1.82, 2.24) is 0 Å². The standard InChI is InChI=1S/C29H30O2/c1-30-17-5-7-19-20-8-6-18(31-2)11-26(20)29(25(19)10-17)13-23-21-12-22(24(23)14-29)28-16-4-3-15(9-16)27(21)28/h3-8,10-11,15-16,21-24,27-28H,9,12-14H2,1-2H3. The Kier molecular flexibility index (Phi) is 3.12. The molecule has 6 aliphatic rings. The van der Waals surface area contributed by atoms with Gasteiger partial charge in [-0.1, -0.05) is 24.3 Å². The number of rotatable bonds is 2. The maximum Gasteiger partial charge on any atom is 0.119 e. The Labute approximate surface area is 184 Å². The summed E-state index contributed by atoms with van der Waals surface area (Å²) in [7, 11) is 3.60. The molecule has 0 radical (unpaired) electrons. The molecule has 1 spiro atoms. The van der Waals surface area contributed by atoms with Gasteiger partial charge in [-0.2, -0.15) is 0 Å². The third-order valence-corrected chi connectivity index (χ3v) is 10.7. The van der Waals surface area contributed by atoms with Gasteiger partial charge >= 0.3 is 0 Å². The van der Waals surface area contributed by atoms with Crippen molar-refractivity contribution in [2.24, 2.45) is 47.3 Å². The Morgan fingerprint density at radius 2 is 1.19 bits per heavy atom. The van der Waals surface area contributed by atoms with Gasteiger partial charge in [0.1, 0.15) is 11.5 Å². The average molecular weight is 411 g/mol. The van der Waals surface area contributed by atoms with Gasteiger partial charge in [-0.05, 0) is 120 Å². The minimum atomic E-state index is 0.144. The fourth-order valence-corrected chi connectivity index (χ4v) is 9.93. The lowest BCUT2D eigenvalue weighted by Crippen LogP contribution is -2.34. The van der Waals surface area contributed by atoms with Gasteiger partial charge in [-0.25, -0.2) is 0 Å². The summed E-state index contributed by atoms with van der Waals surface area (Å²) in [6, 6.07) is 13.6. The summed E-state index contributed by atoms with van der Waals surface area (Å²) in [5.41, 5.74) is 6.04. The summed E-state index contributed by atoms with van der Waals surface area (Å²) in [6.07, 6.45) is 10.8. The molecule has 6 aliphatic carbocycles. The molecule has 0 amide bonds. The van der Waals surface area contributed by atoms with Crippen LogP contribution >= 0.6 is 0 Å². The lowest BCUT2D eigenvalue weighted by Gasteiger charge is -2.39. The molecule has 0 aliphatic heterocycles. The highest BCUT2D eigenvalue weighted by atomic mass is 16.5. The predicted molar refractivity (Wildman–Crippen MR) is 121 cm³/mol. The van der Waals surface area contributed by atoms with E-state index in [4.69, 9.17) is 9.47 Å². The van der Waals surface area contributed by atoms with Gasteiger partial charge in [-0.15, -0.1) is 0 Å². The summed E-state index contributed by atoms with van der Waals surface area (Å²) in [6.45, 7) is 0. The quantitative estimate of drug-likeness (QED) is 0.441. The molecule has 2 heteroatoms. The maximum atomic E-state index is 5.70. The first-order valence-corrected chi connectivity index (χ1v) is 12.3. The Morgan fingerprint density at radius 3 is 1.68 bits per heavy atom. The molecule has 4 saturated carbocycles. The third kappa shape index (κ3) is 1.89. The van der Waals surface area contributed by atoms with Crippen molar-refractivity contribution in [2.45, 2.75) is 31.1 Å². The molecule has 8 atom stereocenters. The van der Waals surface area contributed by atoms with E-state index in [1.807, 2.05) is 0 Å². The number of fused-ring (bicyclic) bond motifs is 17. The number of allylic oxidation sites excluding steroid dienone is 2. The Hall–Kier alpha value is -2.22. The number of methoxy groups -OCH3 is 2. The van der Waals surface area contributed by atoms with Crippen LogP contribution in [0.25, 0.3) is 11.1 Å². The summed E-state index contributed by atoms with van der Waals surface area (Å²) in [5.74, 6) is 9.49. The molecule has 2 nitrogen and oxygen atoms in total. The van der Waals surface area contributed by atoms with Crippen molar-refractivity contribution in [1.29, 1.82) is 0 Å². The van der Waals surface area contributed by atoms with E-state index >= 15 is 0 Å². The van der Waals surface area contributed by atoms with Crippen LogP contribution in [0.4, 0.5) is 0 Å². The fourth-order valence-electron chi connectivity index (χ4n) is 9.93. The van der Waals surface area contributed by atoms with E-state index in [0.717, 1.165) is 58.8 Å². The second-order valence-corrected chi connectivity index (χ2v) is 11.3. The van der Waals surface area contributed by atoms with Crippen LogP contribution in [0.2, 0.25) is 0 Å². The van der Waals surface area contributed by atoms with Gasteiger partial charge in [0.2, 0.25) is 0 Å². The zero-order valence-corrected chi connectivity index (χ0v) is 18.4. The Balaban J connectivity index is 1.28. The van der Waals surface area contributed by atoms with Crippen molar-refractivity contribution in [3.05, 3.63) is 59.7 Å². The number of hydrogen-bond donors (Lipinski definition) is 0.